The Morgan fingerprint density at radius 1 is 1.16 bits per heavy atom. The lowest BCUT2D eigenvalue weighted by Crippen LogP contribution is -2.44. The molecule has 0 amide bonds. The summed E-state index contributed by atoms with van der Waals surface area (Å²) < 4.78 is 2.18. The summed E-state index contributed by atoms with van der Waals surface area (Å²) in [5, 5.41) is 7.08. The first-order valence-corrected chi connectivity index (χ1v) is 11.6. The van der Waals surface area contributed by atoms with Crippen molar-refractivity contribution in [1.29, 1.82) is 0 Å². The third-order valence-corrected chi connectivity index (χ3v) is 6.32. The van der Waals surface area contributed by atoms with Gasteiger partial charge in [-0.3, -0.25) is 0 Å². The summed E-state index contributed by atoms with van der Waals surface area (Å²) in [5.74, 6) is 2.82. The van der Waals surface area contributed by atoms with Gasteiger partial charge in [0.05, 0.1) is 0 Å². The molecule has 2 fully saturated rings. The van der Waals surface area contributed by atoms with E-state index in [2.05, 4.69) is 62.3 Å². The van der Waals surface area contributed by atoms with Gasteiger partial charge < -0.3 is 20.1 Å². The lowest BCUT2D eigenvalue weighted by Gasteiger charge is -2.21. The minimum Gasteiger partial charge on any atom is -0.357 e. The number of aromatic nitrogens is 2. The van der Waals surface area contributed by atoms with E-state index in [4.69, 9.17) is 4.99 Å². The van der Waals surface area contributed by atoms with Crippen LogP contribution >= 0.6 is 24.0 Å². The van der Waals surface area contributed by atoms with Crippen LogP contribution in [0.3, 0.4) is 0 Å². The number of imidazole rings is 1. The second-order valence-electron chi connectivity index (χ2n) is 8.69. The van der Waals surface area contributed by atoms with Crippen LogP contribution in [0.4, 0.5) is 0 Å². The largest absolute Gasteiger partial charge is 0.357 e. The third-order valence-electron chi connectivity index (χ3n) is 6.32. The van der Waals surface area contributed by atoms with Gasteiger partial charge in [-0.25, -0.2) is 9.98 Å². The van der Waals surface area contributed by atoms with Crippen LogP contribution in [0.2, 0.25) is 0 Å². The van der Waals surface area contributed by atoms with Crippen LogP contribution < -0.4 is 10.6 Å². The van der Waals surface area contributed by atoms with E-state index in [1.807, 2.05) is 12.4 Å². The smallest absolute Gasteiger partial charge is 0.191 e. The van der Waals surface area contributed by atoms with Gasteiger partial charge in [0.1, 0.15) is 12.4 Å². The first-order valence-electron chi connectivity index (χ1n) is 11.6. The summed E-state index contributed by atoms with van der Waals surface area (Å²) in [4.78, 5) is 12.0. The maximum atomic E-state index is 4.84. The number of hydrogen-bond donors (Lipinski definition) is 2. The lowest BCUT2D eigenvalue weighted by atomic mass is 10.1. The molecule has 1 aliphatic carbocycles. The minimum atomic E-state index is 0. The fraction of sp³-hybridized carbons (Fsp3) is 0.583. The Hall–Kier alpha value is -1.61. The molecule has 31 heavy (non-hydrogen) atoms. The Morgan fingerprint density at radius 3 is 2.74 bits per heavy atom. The molecule has 2 heterocycles. The predicted octanol–water partition coefficient (Wildman–Crippen LogP) is 3.87. The monoisotopic (exact) mass is 536 g/mol. The zero-order valence-electron chi connectivity index (χ0n) is 18.7. The molecule has 4 rings (SSSR count). The fourth-order valence-electron chi connectivity index (χ4n) is 4.75. The Labute approximate surface area is 203 Å². The highest BCUT2D eigenvalue weighted by Gasteiger charge is 2.26. The van der Waals surface area contributed by atoms with Crippen molar-refractivity contribution in [3.8, 4) is 0 Å². The highest BCUT2D eigenvalue weighted by Crippen LogP contribution is 2.26. The van der Waals surface area contributed by atoms with E-state index in [1.54, 1.807) is 0 Å². The van der Waals surface area contributed by atoms with Crippen molar-refractivity contribution in [1.82, 2.24) is 25.1 Å². The van der Waals surface area contributed by atoms with Crippen molar-refractivity contribution >= 4 is 29.9 Å². The van der Waals surface area contributed by atoms with Crippen molar-refractivity contribution in [3.63, 3.8) is 0 Å². The molecule has 0 bridgehead atoms. The molecular formula is C24H37IN6. The van der Waals surface area contributed by atoms with Gasteiger partial charge >= 0.3 is 0 Å². The SMILES string of the molecule is CCNC(=NCc1nccn1Cc1ccccc1)NC1CCN(CC2CCCC2)C1.I. The maximum absolute atomic E-state index is 4.84. The standard InChI is InChI=1S/C24H36N6.HI/c1-2-25-24(28-22-12-14-29(19-22)17-20-10-6-7-11-20)27-16-23-26-13-15-30(23)18-21-8-4-3-5-9-21;/h3-5,8-9,13,15,20,22H,2,6-7,10-12,14,16-19H2,1H3,(H2,25,27,28);1H. The van der Waals surface area contributed by atoms with E-state index in [1.165, 1.54) is 50.8 Å². The van der Waals surface area contributed by atoms with Crippen molar-refractivity contribution in [2.75, 3.05) is 26.2 Å². The highest BCUT2D eigenvalue weighted by atomic mass is 127. The first-order chi connectivity index (χ1) is 14.8. The summed E-state index contributed by atoms with van der Waals surface area (Å²) >= 11 is 0. The molecule has 7 heteroatoms. The Morgan fingerprint density at radius 2 is 1.97 bits per heavy atom. The van der Waals surface area contributed by atoms with Crippen molar-refractivity contribution in [3.05, 3.63) is 54.1 Å². The first kappa shape index (κ1) is 24.0. The number of guanidine groups is 1. The summed E-state index contributed by atoms with van der Waals surface area (Å²) in [5.41, 5.74) is 1.28. The maximum Gasteiger partial charge on any atom is 0.191 e. The molecule has 170 valence electrons. The van der Waals surface area contributed by atoms with Gasteiger partial charge in [0, 0.05) is 51.2 Å². The molecule has 2 aromatic rings. The summed E-state index contributed by atoms with van der Waals surface area (Å²) in [6.07, 6.45) is 10.8. The van der Waals surface area contributed by atoms with Crippen molar-refractivity contribution in [2.45, 2.75) is 58.2 Å². The Balaban J connectivity index is 0.00000272. The molecule has 6 nitrogen and oxygen atoms in total. The van der Waals surface area contributed by atoms with Crippen LogP contribution in [0, 0.1) is 5.92 Å². The number of nitrogens with zero attached hydrogens (tertiary/aromatic N) is 4. The molecule has 1 aromatic carbocycles. The topological polar surface area (TPSA) is 57.5 Å². The third kappa shape index (κ3) is 7.20. The predicted molar refractivity (Wildman–Crippen MR) is 138 cm³/mol. The summed E-state index contributed by atoms with van der Waals surface area (Å²) in [7, 11) is 0. The van der Waals surface area contributed by atoms with Crippen LogP contribution in [-0.4, -0.2) is 52.6 Å². The molecule has 1 unspecified atom stereocenters. The van der Waals surface area contributed by atoms with Crippen LogP contribution in [0.15, 0.2) is 47.7 Å². The number of likely N-dealkylation sites (tertiary alicyclic amines) is 1. The molecule has 1 aliphatic heterocycles. The molecule has 0 spiro atoms. The van der Waals surface area contributed by atoms with Gasteiger partial charge in [-0.15, -0.1) is 24.0 Å². The zero-order chi connectivity index (χ0) is 20.6. The van der Waals surface area contributed by atoms with Crippen molar-refractivity contribution < 1.29 is 0 Å². The van der Waals surface area contributed by atoms with E-state index in [9.17, 15) is 0 Å². The summed E-state index contributed by atoms with van der Waals surface area (Å²) in [6.45, 7) is 8.00. The van der Waals surface area contributed by atoms with Gasteiger partial charge in [0.2, 0.25) is 0 Å². The molecular weight excluding hydrogens is 499 g/mol. The van der Waals surface area contributed by atoms with Crippen LogP contribution in [0.1, 0.15) is 50.4 Å². The van der Waals surface area contributed by atoms with Crippen LogP contribution in [-0.2, 0) is 13.1 Å². The van der Waals surface area contributed by atoms with Gasteiger partial charge in [-0.2, -0.15) is 0 Å². The molecule has 1 atom stereocenters. The van der Waals surface area contributed by atoms with E-state index >= 15 is 0 Å². The van der Waals surface area contributed by atoms with Gasteiger partial charge in [0.25, 0.3) is 0 Å². The second kappa shape index (κ2) is 12.4. The highest BCUT2D eigenvalue weighted by molar-refractivity contribution is 14.0. The molecule has 2 N–H and O–H groups in total. The minimum absolute atomic E-state index is 0. The molecule has 1 saturated carbocycles. The molecule has 2 aliphatic rings. The fourth-order valence-corrected chi connectivity index (χ4v) is 4.75. The summed E-state index contributed by atoms with van der Waals surface area (Å²) in [6, 6.07) is 11.0. The Kier molecular flexibility index (Phi) is 9.64. The number of benzene rings is 1. The van der Waals surface area contributed by atoms with E-state index in [0.717, 1.165) is 37.3 Å². The van der Waals surface area contributed by atoms with Gasteiger partial charge in [0.15, 0.2) is 5.96 Å². The van der Waals surface area contributed by atoms with Crippen LogP contribution in [0.25, 0.3) is 0 Å². The second-order valence-corrected chi connectivity index (χ2v) is 8.69. The number of rotatable bonds is 8. The van der Waals surface area contributed by atoms with Crippen LogP contribution in [0.5, 0.6) is 0 Å². The zero-order valence-corrected chi connectivity index (χ0v) is 21.0. The number of nitrogens with one attached hydrogen (secondary N) is 2. The molecule has 0 radical (unpaired) electrons. The number of halogens is 1. The number of hydrogen-bond acceptors (Lipinski definition) is 3. The van der Waals surface area contributed by atoms with E-state index in [0.29, 0.717) is 12.6 Å². The van der Waals surface area contributed by atoms with Crippen molar-refractivity contribution in [2.24, 2.45) is 10.9 Å². The van der Waals surface area contributed by atoms with E-state index < -0.39 is 0 Å². The number of aliphatic imine (C=N–C) groups is 1. The Bertz CT molecular complexity index is 799. The molecule has 1 aromatic heterocycles. The average molecular weight is 537 g/mol. The van der Waals surface area contributed by atoms with Gasteiger partial charge in [-0.1, -0.05) is 43.2 Å². The average Bonchev–Trinajstić information content (AvgIpc) is 3.51. The van der Waals surface area contributed by atoms with E-state index in [-0.39, 0.29) is 24.0 Å². The quantitative estimate of drug-likeness (QED) is 0.306. The molecule has 1 saturated heterocycles. The van der Waals surface area contributed by atoms with Gasteiger partial charge in [-0.05, 0) is 37.7 Å². The normalized spacial score (nSPS) is 20.0. The lowest BCUT2D eigenvalue weighted by molar-refractivity contribution is 0.275.